The monoisotopic (exact) mass is 316 g/mol. The van der Waals surface area contributed by atoms with E-state index < -0.39 is 0 Å². The number of carbonyl (C=O) groups is 2. The van der Waals surface area contributed by atoms with Crippen molar-refractivity contribution in [1.82, 2.24) is 5.32 Å². The third kappa shape index (κ3) is 4.57. The Morgan fingerprint density at radius 2 is 1.57 bits per heavy atom. The van der Waals surface area contributed by atoms with E-state index in [-0.39, 0.29) is 17.7 Å². The number of hydrogen-bond acceptors (Lipinski definition) is 2. The number of nitrogens with one attached hydrogen (secondary N) is 2. The van der Waals surface area contributed by atoms with Gasteiger partial charge in [0, 0.05) is 24.2 Å². The molecule has 1 aromatic rings. The lowest BCUT2D eigenvalue weighted by molar-refractivity contribution is -0.121. The Kier molecular flexibility index (Phi) is 5.45. The van der Waals surface area contributed by atoms with E-state index in [9.17, 15) is 9.59 Å². The minimum absolute atomic E-state index is 0.102. The van der Waals surface area contributed by atoms with E-state index in [0.717, 1.165) is 31.4 Å². The fourth-order valence-electron chi connectivity index (χ4n) is 3.32. The Morgan fingerprint density at radius 1 is 1.00 bits per heavy atom. The smallest absolute Gasteiger partial charge is 0.251 e. The van der Waals surface area contributed by atoms with Crippen molar-refractivity contribution in [1.29, 1.82) is 0 Å². The molecule has 0 saturated heterocycles. The molecule has 1 fully saturated rings. The minimum Gasteiger partial charge on any atom is -0.355 e. The molecule has 2 N–H and O–H groups in total. The largest absolute Gasteiger partial charge is 0.355 e. The summed E-state index contributed by atoms with van der Waals surface area (Å²) in [4.78, 5) is 23.9. The summed E-state index contributed by atoms with van der Waals surface area (Å²) in [6.07, 6.45) is 4.17. The van der Waals surface area contributed by atoms with Crippen molar-refractivity contribution in [2.75, 3.05) is 12.4 Å². The third-order valence-electron chi connectivity index (χ3n) is 4.96. The number of benzene rings is 1. The quantitative estimate of drug-likeness (QED) is 0.890. The number of amides is 2. The summed E-state index contributed by atoms with van der Waals surface area (Å²) < 4.78 is 0. The normalized spacial score (nSPS) is 21.6. The lowest BCUT2D eigenvalue weighted by atomic mass is 9.69. The highest BCUT2D eigenvalue weighted by atomic mass is 16.2. The standard InChI is InChI=1S/C19H28N2O2/c1-19(2,3)15-9-5-14(6-10-15)18(23)21-16-11-7-13(8-12-16)17(22)20-4/h7-8,11-12,14-15H,5-6,9-10H2,1-4H3,(H,20,22)(H,21,23). The van der Waals surface area contributed by atoms with Gasteiger partial charge in [0.05, 0.1) is 0 Å². The van der Waals surface area contributed by atoms with Crippen molar-refractivity contribution in [3.63, 3.8) is 0 Å². The Morgan fingerprint density at radius 3 is 2.04 bits per heavy atom. The Hall–Kier alpha value is -1.84. The molecule has 0 bridgehead atoms. The van der Waals surface area contributed by atoms with E-state index in [1.54, 1.807) is 31.3 Å². The van der Waals surface area contributed by atoms with Gasteiger partial charge in [0.2, 0.25) is 5.91 Å². The first kappa shape index (κ1) is 17.5. The van der Waals surface area contributed by atoms with Gasteiger partial charge < -0.3 is 10.6 Å². The van der Waals surface area contributed by atoms with E-state index in [1.807, 2.05) is 0 Å². The van der Waals surface area contributed by atoms with Crippen LogP contribution in [0.2, 0.25) is 0 Å². The molecule has 1 aliphatic carbocycles. The Labute approximate surface area is 139 Å². The van der Waals surface area contributed by atoms with E-state index in [4.69, 9.17) is 0 Å². The summed E-state index contributed by atoms with van der Waals surface area (Å²) in [7, 11) is 1.60. The summed E-state index contributed by atoms with van der Waals surface area (Å²) in [5.74, 6) is 0.791. The highest BCUT2D eigenvalue weighted by Crippen LogP contribution is 2.40. The van der Waals surface area contributed by atoms with Gasteiger partial charge in [-0.2, -0.15) is 0 Å². The fourth-order valence-corrected chi connectivity index (χ4v) is 3.32. The summed E-state index contributed by atoms with van der Waals surface area (Å²) in [6, 6.07) is 7.02. The van der Waals surface area contributed by atoms with E-state index in [0.29, 0.717) is 16.9 Å². The first-order valence-electron chi connectivity index (χ1n) is 8.44. The average Bonchev–Trinajstić information content (AvgIpc) is 2.54. The molecular weight excluding hydrogens is 288 g/mol. The van der Waals surface area contributed by atoms with Crippen LogP contribution in [-0.2, 0) is 4.79 Å². The van der Waals surface area contributed by atoms with Crippen LogP contribution in [0.5, 0.6) is 0 Å². The van der Waals surface area contributed by atoms with Crippen LogP contribution in [0.3, 0.4) is 0 Å². The van der Waals surface area contributed by atoms with Gasteiger partial charge in [-0.1, -0.05) is 20.8 Å². The maximum atomic E-state index is 12.4. The summed E-state index contributed by atoms with van der Waals surface area (Å²) in [5, 5.41) is 5.56. The first-order chi connectivity index (χ1) is 10.8. The van der Waals surface area contributed by atoms with Gasteiger partial charge in [0.25, 0.3) is 5.91 Å². The molecule has 2 amide bonds. The summed E-state index contributed by atoms with van der Waals surface area (Å²) >= 11 is 0. The van der Waals surface area contributed by atoms with Crippen LogP contribution in [0, 0.1) is 17.3 Å². The van der Waals surface area contributed by atoms with Crippen molar-refractivity contribution in [2.45, 2.75) is 46.5 Å². The minimum atomic E-state index is -0.122. The van der Waals surface area contributed by atoms with Crippen molar-refractivity contribution in [3.8, 4) is 0 Å². The molecule has 126 valence electrons. The second-order valence-corrected chi connectivity index (χ2v) is 7.56. The van der Waals surface area contributed by atoms with Crippen molar-refractivity contribution < 1.29 is 9.59 Å². The highest BCUT2D eigenvalue weighted by Gasteiger charge is 2.32. The van der Waals surface area contributed by atoms with Crippen LogP contribution in [0.4, 0.5) is 5.69 Å². The highest BCUT2D eigenvalue weighted by molar-refractivity contribution is 5.96. The van der Waals surface area contributed by atoms with Gasteiger partial charge in [0.1, 0.15) is 0 Å². The molecule has 0 aliphatic heterocycles. The van der Waals surface area contributed by atoms with Crippen LogP contribution in [0.1, 0.15) is 56.8 Å². The maximum Gasteiger partial charge on any atom is 0.251 e. The van der Waals surface area contributed by atoms with Crippen LogP contribution < -0.4 is 10.6 Å². The molecule has 1 saturated carbocycles. The van der Waals surface area contributed by atoms with Gasteiger partial charge in [-0.3, -0.25) is 9.59 Å². The predicted octanol–water partition coefficient (Wildman–Crippen LogP) is 3.84. The van der Waals surface area contributed by atoms with Crippen molar-refractivity contribution in [3.05, 3.63) is 29.8 Å². The molecule has 0 spiro atoms. The van der Waals surface area contributed by atoms with E-state index in [2.05, 4.69) is 31.4 Å². The molecule has 0 radical (unpaired) electrons. The van der Waals surface area contributed by atoms with Crippen molar-refractivity contribution in [2.24, 2.45) is 17.3 Å². The van der Waals surface area contributed by atoms with Crippen LogP contribution in [0.15, 0.2) is 24.3 Å². The van der Waals surface area contributed by atoms with E-state index >= 15 is 0 Å². The van der Waals surface area contributed by atoms with Gasteiger partial charge in [-0.15, -0.1) is 0 Å². The Balaban J connectivity index is 1.89. The average molecular weight is 316 g/mol. The van der Waals surface area contributed by atoms with Gasteiger partial charge in [-0.25, -0.2) is 0 Å². The molecule has 4 heteroatoms. The summed E-state index contributed by atoms with van der Waals surface area (Å²) in [5.41, 5.74) is 1.67. The molecular formula is C19H28N2O2. The molecule has 1 aromatic carbocycles. The molecule has 0 unspecified atom stereocenters. The lowest BCUT2D eigenvalue weighted by Gasteiger charge is -2.36. The van der Waals surface area contributed by atoms with Gasteiger partial charge in [-0.05, 0) is 61.3 Å². The Bertz CT molecular complexity index is 550. The first-order valence-corrected chi connectivity index (χ1v) is 8.44. The molecule has 23 heavy (non-hydrogen) atoms. The maximum absolute atomic E-state index is 12.4. The zero-order valence-electron chi connectivity index (χ0n) is 14.6. The zero-order valence-corrected chi connectivity index (χ0v) is 14.6. The molecule has 2 rings (SSSR count). The van der Waals surface area contributed by atoms with Gasteiger partial charge >= 0.3 is 0 Å². The molecule has 1 aliphatic rings. The third-order valence-corrected chi connectivity index (χ3v) is 4.96. The topological polar surface area (TPSA) is 58.2 Å². The zero-order chi connectivity index (χ0) is 17.0. The van der Waals surface area contributed by atoms with Crippen LogP contribution >= 0.6 is 0 Å². The summed E-state index contributed by atoms with van der Waals surface area (Å²) in [6.45, 7) is 6.85. The van der Waals surface area contributed by atoms with E-state index in [1.165, 1.54) is 0 Å². The van der Waals surface area contributed by atoms with Gasteiger partial charge in [0.15, 0.2) is 0 Å². The number of carbonyl (C=O) groups excluding carboxylic acids is 2. The molecule has 0 atom stereocenters. The second-order valence-electron chi connectivity index (χ2n) is 7.56. The molecule has 0 aromatic heterocycles. The number of hydrogen-bond donors (Lipinski definition) is 2. The lowest BCUT2D eigenvalue weighted by Crippen LogP contribution is -2.31. The van der Waals surface area contributed by atoms with Crippen molar-refractivity contribution >= 4 is 17.5 Å². The fraction of sp³-hybridized carbons (Fsp3) is 0.579. The van der Waals surface area contributed by atoms with Crippen LogP contribution in [-0.4, -0.2) is 18.9 Å². The second kappa shape index (κ2) is 7.16. The SMILES string of the molecule is CNC(=O)c1ccc(NC(=O)C2CCC(C(C)(C)C)CC2)cc1. The molecule has 0 heterocycles. The van der Waals surface area contributed by atoms with Crippen LogP contribution in [0.25, 0.3) is 0 Å². The predicted molar refractivity (Wildman–Crippen MR) is 93.4 cm³/mol. The number of rotatable bonds is 3. The molecule has 4 nitrogen and oxygen atoms in total. The number of anilines is 1.